The fourth-order valence-corrected chi connectivity index (χ4v) is 2.35. The van der Waals surface area contributed by atoms with Gasteiger partial charge in [-0.1, -0.05) is 23.2 Å². The highest BCUT2D eigenvalue weighted by atomic mass is 35.5. The summed E-state index contributed by atoms with van der Waals surface area (Å²) in [4.78, 5) is 12.4. The van der Waals surface area contributed by atoms with Crippen LogP contribution < -0.4 is 0 Å². The molecule has 0 aromatic heterocycles. The van der Waals surface area contributed by atoms with Gasteiger partial charge in [0.05, 0.1) is 10.0 Å². The number of ketones is 1. The number of hydrogen-bond acceptors (Lipinski definition) is 2. The van der Waals surface area contributed by atoms with Crippen molar-refractivity contribution in [3.63, 3.8) is 0 Å². The fourth-order valence-electron chi connectivity index (χ4n) is 2.06. The Morgan fingerprint density at radius 2 is 2.06 bits per heavy atom. The smallest absolute Gasteiger partial charge is 0.194 e. The third-order valence-corrected chi connectivity index (χ3v) is 3.87. The molecular weight excluding hydrogens is 259 g/mol. The molecule has 0 spiro atoms. The second-order valence-electron chi connectivity index (χ2n) is 4.49. The van der Waals surface area contributed by atoms with E-state index in [-0.39, 0.29) is 5.78 Å². The van der Waals surface area contributed by atoms with Gasteiger partial charge in [0.25, 0.3) is 0 Å². The van der Waals surface area contributed by atoms with Crippen LogP contribution in [0, 0.1) is 0 Å². The Hall–Kier alpha value is -0.570. The van der Waals surface area contributed by atoms with Crippen molar-refractivity contribution in [1.29, 1.82) is 0 Å². The summed E-state index contributed by atoms with van der Waals surface area (Å²) in [7, 11) is 0. The lowest BCUT2D eigenvalue weighted by atomic mass is 9.88. The van der Waals surface area contributed by atoms with Crippen molar-refractivity contribution in [3.05, 3.63) is 33.8 Å². The van der Waals surface area contributed by atoms with Crippen molar-refractivity contribution in [2.24, 2.45) is 0 Å². The van der Waals surface area contributed by atoms with E-state index in [1.165, 1.54) is 0 Å². The Morgan fingerprint density at radius 1 is 1.29 bits per heavy atom. The summed E-state index contributed by atoms with van der Waals surface area (Å²) in [5, 5.41) is 0.856. The summed E-state index contributed by atoms with van der Waals surface area (Å²) >= 11 is 11.7. The Morgan fingerprint density at radius 3 is 2.65 bits per heavy atom. The molecule has 1 fully saturated rings. The third-order valence-electron chi connectivity index (χ3n) is 3.13. The average Bonchev–Trinajstić information content (AvgIpc) is 2.33. The van der Waals surface area contributed by atoms with Gasteiger partial charge in [-0.2, -0.15) is 0 Å². The molecule has 1 aromatic rings. The first-order chi connectivity index (χ1) is 8.03. The minimum absolute atomic E-state index is 0.0178. The first-order valence-electron chi connectivity index (χ1n) is 5.67. The van der Waals surface area contributed by atoms with Crippen LogP contribution in [0.5, 0.6) is 0 Å². The number of carbonyl (C=O) groups is 1. The van der Waals surface area contributed by atoms with Crippen molar-refractivity contribution in [2.45, 2.75) is 31.8 Å². The number of hydrogen-bond donors (Lipinski definition) is 0. The lowest BCUT2D eigenvalue weighted by Crippen LogP contribution is -2.41. The van der Waals surface area contributed by atoms with E-state index in [1.54, 1.807) is 18.2 Å². The summed E-state index contributed by atoms with van der Waals surface area (Å²) in [6.45, 7) is 2.49. The van der Waals surface area contributed by atoms with Crippen LogP contribution in [0.3, 0.4) is 0 Å². The predicted octanol–water partition coefficient (Wildman–Crippen LogP) is 4.14. The van der Waals surface area contributed by atoms with E-state index in [9.17, 15) is 4.79 Å². The van der Waals surface area contributed by atoms with Gasteiger partial charge in [-0.05, 0) is 44.4 Å². The highest BCUT2D eigenvalue weighted by Crippen LogP contribution is 2.30. The lowest BCUT2D eigenvalue weighted by molar-refractivity contribution is -0.0426. The second kappa shape index (κ2) is 4.97. The molecule has 2 nitrogen and oxygen atoms in total. The normalized spacial score (nSPS) is 24.6. The van der Waals surface area contributed by atoms with E-state index >= 15 is 0 Å². The molecule has 1 unspecified atom stereocenters. The molecule has 0 amide bonds. The maximum absolute atomic E-state index is 12.4. The highest BCUT2D eigenvalue weighted by Gasteiger charge is 2.36. The van der Waals surface area contributed by atoms with Gasteiger partial charge < -0.3 is 4.74 Å². The summed E-state index contributed by atoms with van der Waals surface area (Å²) in [5.41, 5.74) is -0.154. The Labute approximate surface area is 111 Å². The Balaban J connectivity index is 2.26. The zero-order valence-corrected chi connectivity index (χ0v) is 11.1. The van der Waals surface area contributed by atoms with Crippen molar-refractivity contribution >= 4 is 29.0 Å². The number of carbonyl (C=O) groups excluding carboxylic acids is 1. The standard InChI is InChI=1S/C13H14Cl2O2/c1-13(6-2-3-7-17-13)12(16)9-4-5-10(14)11(15)8-9/h4-5,8H,2-3,6-7H2,1H3. The molecule has 1 saturated heterocycles. The van der Waals surface area contributed by atoms with Gasteiger partial charge in [-0.25, -0.2) is 0 Å². The molecule has 4 heteroatoms. The molecule has 0 N–H and O–H groups in total. The molecule has 2 rings (SSSR count). The molecule has 17 heavy (non-hydrogen) atoms. The van der Waals surface area contributed by atoms with Gasteiger partial charge in [-0.15, -0.1) is 0 Å². The maximum Gasteiger partial charge on any atom is 0.194 e. The molecule has 1 aromatic carbocycles. The summed E-state index contributed by atoms with van der Waals surface area (Å²) < 4.78 is 5.63. The molecule has 92 valence electrons. The topological polar surface area (TPSA) is 26.3 Å². The van der Waals surface area contributed by atoms with E-state index in [4.69, 9.17) is 27.9 Å². The van der Waals surface area contributed by atoms with Gasteiger partial charge in [0, 0.05) is 12.2 Å². The van der Waals surface area contributed by atoms with E-state index in [1.807, 2.05) is 6.92 Å². The lowest BCUT2D eigenvalue weighted by Gasteiger charge is -2.32. The van der Waals surface area contributed by atoms with Gasteiger partial charge in [0.15, 0.2) is 5.78 Å². The van der Waals surface area contributed by atoms with E-state index in [0.29, 0.717) is 22.2 Å². The van der Waals surface area contributed by atoms with Crippen LogP contribution in [0.4, 0.5) is 0 Å². The number of ether oxygens (including phenoxy) is 1. The summed E-state index contributed by atoms with van der Waals surface area (Å²) in [6, 6.07) is 4.94. The Kier molecular flexibility index (Phi) is 3.76. The zero-order chi connectivity index (χ0) is 12.5. The summed E-state index contributed by atoms with van der Waals surface area (Å²) in [5.74, 6) is -0.0178. The maximum atomic E-state index is 12.4. The first-order valence-corrected chi connectivity index (χ1v) is 6.42. The third kappa shape index (κ3) is 2.65. The monoisotopic (exact) mass is 272 g/mol. The van der Waals surface area contributed by atoms with Crippen LogP contribution >= 0.6 is 23.2 Å². The number of benzene rings is 1. The molecular formula is C13H14Cl2O2. The fraction of sp³-hybridized carbons (Fsp3) is 0.462. The van der Waals surface area contributed by atoms with Gasteiger partial charge in [-0.3, -0.25) is 4.79 Å². The van der Waals surface area contributed by atoms with Crippen molar-refractivity contribution < 1.29 is 9.53 Å². The molecule has 0 saturated carbocycles. The van der Waals surface area contributed by atoms with Crippen LogP contribution in [0.2, 0.25) is 10.0 Å². The SMILES string of the molecule is CC1(C(=O)c2ccc(Cl)c(Cl)c2)CCCCO1. The van der Waals surface area contributed by atoms with E-state index in [2.05, 4.69) is 0 Å². The second-order valence-corrected chi connectivity index (χ2v) is 5.31. The molecule has 0 radical (unpaired) electrons. The average molecular weight is 273 g/mol. The molecule has 0 bridgehead atoms. The van der Waals surface area contributed by atoms with Crippen molar-refractivity contribution in [3.8, 4) is 0 Å². The Bertz CT molecular complexity index is 437. The van der Waals surface area contributed by atoms with Gasteiger partial charge in [0.1, 0.15) is 5.60 Å². The number of halogens is 2. The van der Waals surface area contributed by atoms with Crippen LogP contribution in [0.1, 0.15) is 36.5 Å². The highest BCUT2D eigenvalue weighted by molar-refractivity contribution is 6.42. The largest absolute Gasteiger partial charge is 0.367 e. The minimum atomic E-state index is -0.713. The van der Waals surface area contributed by atoms with Crippen LogP contribution in [-0.4, -0.2) is 18.0 Å². The van der Waals surface area contributed by atoms with E-state index < -0.39 is 5.60 Å². The van der Waals surface area contributed by atoms with E-state index in [0.717, 1.165) is 19.3 Å². The van der Waals surface area contributed by atoms with Crippen LogP contribution in [0.25, 0.3) is 0 Å². The van der Waals surface area contributed by atoms with Gasteiger partial charge in [0.2, 0.25) is 0 Å². The number of Topliss-reactive ketones (excluding diaryl/α,β-unsaturated/α-hetero) is 1. The summed E-state index contributed by atoms with van der Waals surface area (Å²) in [6.07, 6.45) is 2.79. The predicted molar refractivity (Wildman–Crippen MR) is 69.0 cm³/mol. The van der Waals surface area contributed by atoms with Crippen molar-refractivity contribution in [2.75, 3.05) is 6.61 Å². The molecule has 0 aliphatic carbocycles. The van der Waals surface area contributed by atoms with Crippen molar-refractivity contribution in [1.82, 2.24) is 0 Å². The van der Waals surface area contributed by atoms with Crippen LogP contribution in [0.15, 0.2) is 18.2 Å². The minimum Gasteiger partial charge on any atom is -0.367 e. The zero-order valence-electron chi connectivity index (χ0n) is 9.63. The molecule has 1 aliphatic rings. The molecule has 1 heterocycles. The van der Waals surface area contributed by atoms with Gasteiger partial charge >= 0.3 is 0 Å². The quantitative estimate of drug-likeness (QED) is 0.757. The first kappa shape index (κ1) is 12.9. The molecule has 1 atom stereocenters. The number of rotatable bonds is 2. The molecule has 1 aliphatic heterocycles. The van der Waals surface area contributed by atoms with Crippen LogP contribution in [-0.2, 0) is 4.74 Å².